The molecule has 1 amide bonds. The molecule has 2 N–H and O–H groups in total. The van der Waals surface area contributed by atoms with E-state index in [0.717, 1.165) is 30.6 Å². The van der Waals surface area contributed by atoms with Crippen LogP contribution < -0.4 is 10.9 Å². The first-order valence-corrected chi connectivity index (χ1v) is 11.8. The van der Waals surface area contributed by atoms with Crippen LogP contribution in [0.25, 0.3) is 16.9 Å². The van der Waals surface area contributed by atoms with Crippen molar-refractivity contribution in [1.29, 1.82) is 5.26 Å². The van der Waals surface area contributed by atoms with E-state index in [1.54, 1.807) is 36.5 Å². The first-order chi connectivity index (χ1) is 16.5. The topological polar surface area (TPSA) is 107 Å². The summed E-state index contributed by atoms with van der Waals surface area (Å²) in [6.07, 6.45) is 7.84. The van der Waals surface area contributed by atoms with Gasteiger partial charge in [0.05, 0.1) is 22.8 Å². The molecule has 176 valence electrons. The highest BCUT2D eigenvalue weighted by Gasteiger charge is 2.17. The highest BCUT2D eigenvalue weighted by molar-refractivity contribution is 5.93. The zero-order valence-corrected chi connectivity index (χ0v) is 19.7. The second kappa shape index (κ2) is 10.5. The van der Waals surface area contributed by atoms with E-state index in [1.165, 1.54) is 30.1 Å². The van der Waals surface area contributed by atoms with E-state index in [1.807, 2.05) is 6.92 Å². The number of likely N-dealkylation sites (tertiary alicyclic amines) is 1. The summed E-state index contributed by atoms with van der Waals surface area (Å²) in [6, 6.07) is 11.3. The summed E-state index contributed by atoms with van der Waals surface area (Å²) in [6.45, 7) is 6.90. The fourth-order valence-corrected chi connectivity index (χ4v) is 4.50. The molecule has 3 aromatic rings. The third-order valence-corrected chi connectivity index (χ3v) is 6.50. The number of nitrogens with zero attached hydrogens (tertiary/aromatic N) is 4. The summed E-state index contributed by atoms with van der Waals surface area (Å²) in [4.78, 5) is 32.3. The zero-order chi connectivity index (χ0) is 24.1. The number of piperidine rings is 1. The molecule has 1 fully saturated rings. The van der Waals surface area contributed by atoms with E-state index in [4.69, 9.17) is 5.26 Å². The maximum Gasteiger partial charge on any atom is 0.280 e. The van der Waals surface area contributed by atoms with Gasteiger partial charge in [-0.2, -0.15) is 5.26 Å². The van der Waals surface area contributed by atoms with Gasteiger partial charge in [0.25, 0.3) is 11.5 Å². The molecule has 0 aliphatic carbocycles. The van der Waals surface area contributed by atoms with Crippen LogP contribution in [-0.4, -0.2) is 51.2 Å². The van der Waals surface area contributed by atoms with Crippen molar-refractivity contribution >= 4 is 5.91 Å². The van der Waals surface area contributed by atoms with Gasteiger partial charge in [-0.05, 0) is 75.0 Å². The van der Waals surface area contributed by atoms with Crippen molar-refractivity contribution in [2.45, 2.75) is 45.6 Å². The molecule has 1 saturated heterocycles. The van der Waals surface area contributed by atoms with Crippen LogP contribution in [0.1, 0.15) is 54.1 Å². The van der Waals surface area contributed by atoms with Gasteiger partial charge >= 0.3 is 0 Å². The predicted octanol–water partition coefficient (Wildman–Crippen LogP) is 3.40. The molecule has 0 saturated carbocycles. The summed E-state index contributed by atoms with van der Waals surface area (Å²) >= 11 is 0. The minimum Gasteiger partial charge on any atom is -0.352 e. The summed E-state index contributed by atoms with van der Waals surface area (Å²) in [5, 5.41) is 15.0. The smallest absolute Gasteiger partial charge is 0.280 e. The van der Waals surface area contributed by atoms with Crippen molar-refractivity contribution in [3.8, 4) is 23.0 Å². The summed E-state index contributed by atoms with van der Waals surface area (Å²) in [5.74, 6) is 0.233. The molecule has 0 spiro atoms. The molecule has 1 aromatic carbocycles. The molecule has 1 atom stereocenters. The van der Waals surface area contributed by atoms with Crippen LogP contribution in [0.5, 0.6) is 0 Å². The Hall–Kier alpha value is -3.70. The molecular formula is C26H30N6O2. The Bertz CT molecular complexity index is 1250. The standard InChI is InChI=1S/C26H30N6O2/c1-18-14-20(15-27)7-9-22(18)23-17-30-32(26(23)34)24-10-8-21(16-29-24)25(33)28-11-5-13-31-12-4-3-6-19(31)2/h7-10,14,16-17,19,30H,3-6,11-13H2,1-2H3,(H,28,33). The minimum atomic E-state index is -0.246. The second-order valence-electron chi connectivity index (χ2n) is 8.86. The average Bonchev–Trinajstić information content (AvgIpc) is 3.23. The number of hydrogen-bond donors (Lipinski definition) is 2. The van der Waals surface area contributed by atoms with Gasteiger partial charge in [-0.15, -0.1) is 0 Å². The van der Waals surface area contributed by atoms with E-state index in [2.05, 4.69) is 33.3 Å². The normalized spacial score (nSPS) is 16.2. The number of carbonyl (C=O) groups is 1. The van der Waals surface area contributed by atoms with Gasteiger partial charge in [0.1, 0.15) is 0 Å². The summed E-state index contributed by atoms with van der Waals surface area (Å²) < 4.78 is 1.34. The van der Waals surface area contributed by atoms with Gasteiger partial charge in [-0.25, -0.2) is 9.67 Å². The molecule has 4 rings (SSSR count). The number of benzene rings is 1. The van der Waals surface area contributed by atoms with Crippen molar-refractivity contribution < 1.29 is 4.79 Å². The van der Waals surface area contributed by atoms with Gasteiger partial charge in [0, 0.05) is 31.5 Å². The maximum atomic E-state index is 13.0. The molecule has 8 heteroatoms. The molecule has 0 bridgehead atoms. The molecule has 2 aromatic heterocycles. The lowest BCUT2D eigenvalue weighted by Crippen LogP contribution is -2.39. The van der Waals surface area contributed by atoms with Crippen LogP contribution >= 0.6 is 0 Å². The number of hydrogen-bond acceptors (Lipinski definition) is 5. The van der Waals surface area contributed by atoms with Crippen LogP contribution in [0, 0.1) is 18.3 Å². The quantitative estimate of drug-likeness (QED) is 0.528. The zero-order valence-electron chi connectivity index (χ0n) is 19.7. The molecule has 1 aliphatic rings. The van der Waals surface area contributed by atoms with E-state index < -0.39 is 0 Å². The lowest BCUT2D eigenvalue weighted by molar-refractivity contribution is 0.0948. The first-order valence-electron chi connectivity index (χ1n) is 11.8. The Balaban J connectivity index is 1.38. The molecule has 3 heterocycles. The number of nitriles is 1. The first kappa shape index (κ1) is 23.5. The largest absolute Gasteiger partial charge is 0.352 e. The van der Waals surface area contributed by atoms with Crippen LogP contribution in [0.15, 0.2) is 47.5 Å². The monoisotopic (exact) mass is 458 g/mol. The number of carbonyl (C=O) groups excluding carboxylic acids is 1. The van der Waals surface area contributed by atoms with E-state index in [-0.39, 0.29) is 11.5 Å². The molecule has 0 radical (unpaired) electrons. The third-order valence-electron chi connectivity index (χ3n) is 6.50. The lowest BCUT2D eigenvalue weighted by atomic mass is 10.0. The van der Waals surface area contributed by atoms with E-state index in [0.29, 0.717) is 35.1 Å². The second-order valence-corrected chi connectivity index (χ2v) is 8.86. The number of H-pyrrole nitrogens is 1. The number of amides is 1. The van der Waals surface area contributed by atoms with Crippen LogP contribution in [0.4, 0.5) is 0 Å². The summed E-state index contributed by atoms with van der Waals surface area (Å²) in [5.41, 5.74) is 2.86. The van der Waals surface area contributed by atoms with Gasteiger partial charge in [-0.1, -0.05) is 12.5 Å². The van der Waals surface area contributed by atoms with E-state index in [9.17, 15) is 9.59 Å². The molecular weight excluding hydrogens is 428 g/mol. The highest BCUT2D eigenvalue weighted by atomic mass is 16.1. The van der Waals surface area contributed by atoms with Crippen molar-refractivity contribution in [2.24, 2.45) is 0 Å². The summed E-state index contributed by atoms with van der Waals surface area (Å²) in [7, 11) is 0. The van der Waals surface area contributed by atoms with Crippen LogP contribution in [-0.2, 0) is 0 Å². The Morgan fingerprint density at radius 2 is 2.12 bits per heavy atom. The fourth-order valence-electron chi connectivity index (χ4n) is 4.50. The highest BCUT2D eigenvalue weighted by Crippen LogP contribution is 2.21. The van der Waals surface area contributed by atoms with Crippen LogP contribution in [0.2, 0.25) is 0 Å². The number of pyridine rings is 1. The molecule has 1 aliphatic heterocycles. The number of aromatic amines is 1. The minimum absolute atomic E-state index is 0.168. The number of rotatable bonds is 7. The van der Waals surface area contributed by atoms with Crippen molar-refractivity contribution in [3.05, 3.63) is 69.8 Å². The molecule has 1 unspecified atom stereocenters. The Morgan fingerprint density at radius 3 is 2.82 bits per heavy atom. The fraction of sp³-hybridized carbons (Fsp3) is 0.385. The van der Waals surface area contributed by atoms with Gasteiger partial charge < -0.3 is 10.2 Å². The Kier molecular flexibility index (Phi) is 7.24. The van der Waals surface area contributed by atoms with Gasteiger partial charge in [-0.3, -0.25) is 14.7 Å². The van der Waals surface area contributed by atoms with Crippen LogP contribution in [0.3, 0.4) is 0 Å². The van der Waals surface area contributed by atoms with Crippen molar-refractivity contribution in [1.82, 2.24) is 25.0 Å². The number of aryl methyl sites for hydroxylation is 1. The molecule has 34 heavy (non-hydrogen) atoms. The maximum absolute atomic E-state index is 13.0. The number of nitrogens with one attached hydrogen (secondary N) is 2. The third kappa shape index (κ3) is 5.10. The lowest BCUT2D eigenvalue weighted by Gasteiger charge is -2.33. The predicted molar refractivity (Wildman–Crippen MR) is 131 cm³/mol. The Labute approximate surface area is 199 Å². The van der Waals surface area contributed by atoms with E-state index >= 15 is 0 Å². The van der Waals surface area contributed by atoms with Gasteiger partial charge in [0.15, 0.2) is 5.82 Å². The van der Waals surface area contributed by atoms with Crippen molar-refractivity contribution in [3.63, 3.8) is 0 Å². The number of aromatic nitrogens is 3. The van der Waals surface area contributed by atoms with Crippen molar-refractivity contribution in [2.75, 3.05) is 19.6 Å². The Morgan fingerprint density at radius 1 is 1.26 bits per heavy atom. The SMILES string of the molecule is Cc1cc(C#N)ccc1-c1c[nH]n(-c2ccc(C(=O)NCCCN3CCCCC3C)cn2)c1=O. The van der Waals surface area contributed by atoms with Gasteiger partial charge in [0.2, 0.25) is 0 Å². The average molecular weight is 459 g/mol. The molecule has 8 nitrogen and oxygen atoms in total.